The van der Waals surface area contributed by atoms with E-state index in [4.69, 9.17) is 9.84 Å². The number of ether oxygens (including phenoxy) is 1. The topological polar surface area (TPSA) is 87.2 Å². The van der Waals surface area contributed by atoms with Gasteiger partial charge in [-0.2, -0.15) is 14.6 Å². The molecular weight excluding hydrogens is 496 g/mol. The molecule has 9 heteroatoms. The van der Waals surface area contributed by atoms with Gasteiger partial charge in [0.2, 0.25) is 4.96 Å². The molecule has 0 spiro atoms. The summed E-state index contributed by atoms with van der Waals surface area (Å²) in [5.41, 5.74) is 5.10. The smallest absolute Gasteiger partial charge is 0.291 e. The van der Waals surface area contributed by atoms with Crippen molar-refractivity contribution in [1.82, 2.24) is 29.4 Å². The second-order valence-electron chi connectivity index (χ2n) is 8.83. The molecule has 0 atom stereocenters. The van der Waals surface area contributed by atoms with Crippen molar-refractivity contribution >= 4 is 22.4 Å². The molecule has 0 fully saturated rings. The van der Waals surface area contributed by atoms with Crippen LogP contribution in [0.25, 0.3) is 39.4 Å². The van der Waals surface area contributed by atoms with Crippen molar-refractivity contribution in [2.45, 2.75) is 20.3 Å². The Bertz CT molecular complexity index is 1840. The third-order valence-electron chi connectivity index (χ3n) is 6.08. The summed E-state index contributed by atoms with van der Waals surface area (Å²) in [4.78, 5) is 22.5. The molecule has 0 N–H and O–H groups in total. The maximum Gasteiger partial charge on any atom is 0.291 e. The second kappa shape index (κ2) is 10.0. The van der Waals surface area contributed by atoms with E-state index >= 15 is 0 Å². The Labute approximate surface area is 222 Å². The van der Waals surface area contributed by atoms with Crippen molar-refractivity contribution in [3.63, 3.8) is 0 Å². The van der Waals surface area contributed by atoms with Gasteiger partial charge in [0.25, 0.3) is 5.56 Å². The molecule has 0 amide bonds. The molecule has 8 nitrogen and oxygen atoms in total. The fourth-order valence-corrected chi connectivity index (χ4v) is 5.12. The van der Waals surface area contributed by atoms with Gasteiger partial charge in [0.05, 0.1) is 16.8 Å². The lowest BCUT2D eigenvalue weighted by atomic mass is 10.0. The summed E-state index contributed by atoms with van der Waals surface area (Å²) in [6, 6.07) is 19.6. The highest BCUT2D eigenvalue weighted by Crippen LogP contribution is 2.30. The maximum atomic E-state index is 13.3. The number of fused-ring (bicyclic) bond motifs is 1. The average molecular weight is 521 g/mol. The SMILES string of the molecule is CCCOc1ccc(-c2nn(-c3ccccc3)cc2C=c2sc3nc(-c4cccnc4)nn3c2=O)c(C)c1. The molecule has 0 aliphatic carbocycles. The van der Waals surface area contributed by atoms with Crippen LogP contribution < -0.4 is 14.8 Å². The van der Waals surface area contributed by atoms with Gasteiger partial charge in [-0.05, 0) is 67.4 Å². The summed E-state index contributed by atoms with van der Waals surface area (Å²) in [5.74, 6) is 1.31. The number of pyridine rings is 1. The monoisotopic (exact) mass is 520 g/mol. The first-order valence-corrected chi connectivity index (χ1v) is 13.1. The minimum absolute atomic E-state index is 0.217. The van der Waals surface area contributed by atoms with E-state index in [1.54, 1.807) is 12.4 Å². The van der Waals surface area contributed by atoms with Crippen molar-refractivity contribution in [3.05, 3.63) is 105 Å². The summed E-state index contributed by atoms with van der Waals surface area (Å²) in [6.07, 6.45) is 8.14. The molecule has 0 aliphatic rings. The number of rotatable bonds is 7. The van der Waals surface area contributed by atoms with Gasteiger partial charge in [0.15, 0.2) is 5.82 Å². The Morgan fingerprint density at radius 3 is 2.66 bits per heavy atom. The van der Waals surface area contributed by atoms with Crippen molar-refractivity contribution in [1.29, 1.82) is 0 Å². The molecule has 0 saturated carbocycles. The van der Waals surface area contributed by atoms with E-state index in [-0.39, 0.29) is 5.56 Å². The molecule has 4 aromatic heterocycles. The van der Waals surface area contributed by atoms with Crippen LogP contribution in [0.4, 0.5) is 0 Å². The zero-order valence-electron chi connectivity index (χ0n) is 20.9. The van der Waals surface area contributed by atoms with Crippen LogP contribution in [0.5, 0.6) is 5.75 Å². The van der Waals surface area contributed by atoms with Gasteiger partial charge in [-0.15, -0.1) is 5.10 Å². The number of hydrogen-bond donors (Lipinski definition) is 0. The molecule has 2 aromatic carbocycles. The Kier molecular flexibility index (Phi) is 6.27. The van der Waals surface area contributed by atoms with Gasteiger partial charge in [0, 0.05) is 35.3 Å². The molecule has 0 bridgehead atoms. The third-order valence-corrected chi connectivity index (χ3v) is 7.04. The van der Waals surface area contributed by atoms with Crippen molar-refractivity contribution in [3.8, 4) is 34.1 Å². The minimum atomic E-state index is -0.217. The Balaban J connectivity index is 1.47. The molecule has 4 heterocycles. The Morgan fingerprint density at radius 2 is 1.92 bits per heavy atom. The highest BCUT2D eigenvalue weighted by molar-refractivity contribution is 7.15. The normalized spacial score (nSPS) is 11.9. The third kappa shape index (κ3) is 4.48. The molecule has 38 heavy (non-hydrogen) atoms. The average Bonchev–Trinajstić information content (AvgIpc) is 3.64. The lowest BCUT2D eigenvalue weighted by Crippen LogP contribution is -2.23. The lowest BCUT2D eigenvalue weighted by molar-refractivity contribution is 0.317. The fourth-order valence-electron chi connectivity index (χ4n) is 4.22. The van der Waals surface area contributed by atoms with Crippen LogP contribution in [0.15, 0.2) is 84.0 Å². The number of hydrogen-bond acceptors (Lipinski definition) is 7. The van der Waals surface area contributed by atoms with Gasteiger partial charge in [-0.3, -0.25) is 9.78 Å². The summed E-state index contributed by atoms with van der Waals surface area (Å²) in [7, 11) is 0. The minimum Gasteiger partial charge on any atom is -0.494 e. The van der Waals surface area contributed by atoms with Gasteiger partial charge >= 0.3 is 0 Å². The predicted molar refractivity (Wildman–Crippen MR) is 149 cm³/mol. The van der Waals surface area contributed by atoms with Crippen molar-refractivity contribution in [2.75, 3.05) is 6.61 Å². The van der Waals surface area contributed by atoms with E-state index < -0.39 is 0 Å². The molecular formula is C29H24N6O2S. The molecule has 188 valence electrons. The number of aryl methyl sites for hydroxylation is 1. The van der Waals surface area contributed by atoms with E-state index in [1.165, 1.54) is 15.9 Å². The molecule has 0 saturated heterocycles. The zero-order chi connectivity index (χ0) is 26.1. The maximum absolute atomic E-state index is 13.3. The van der Waals surface area contributed by atoms with Crippen molar-refractivity contribution in [2.24, 2.45) is 0 Å². The van der Waals surface area contributed by atoms with Crippen LogP contribution in [-0.2, 0) is 0 Å². The largest absolute Gasteiger partial charge is 0.494 e. The van der Waals surface area contributed by atoms with E-state index in [1.807, 2.05) is 84.5 Å². The van der Waals surface area contributed by atoms with Gasteiger partial charge in [-0.1, -0.05) is 36.5 Å². The van der Waals surface area contributed by atoms with E-state index in [9.17, 15) is 4.79 Å². The summed E-state index contributed by atoms with van der Waals surface area (Å²) in [5, 5.41) is 9.36. The predicted octanol–water partition coefficient (Wildman–Crippen LogP) is 4.71. The number of benzene rings is 2. The van der Waals surface area contributed by atoms with Crippen LogP contribution in [-0.4, -0.2) is 36.0 Å². The molecule has 0 unspecified atom stereocenters. The number of para-hydroxylation sites is 1. The van der Waals surface area contributed by atoms with E-state index in [0.717, 1.165) is 45.8 Å². The number of nitrogens with zero attached hydrogens (tertiary/aromatic N) is 6. The second-order valence-corrected chi connectivity index (χ2v) is 9.83. The van der Waals surface area contributed by atoms with Crippen LogP contribution in [0.2, 0.25) is 0 Å². The summed E-state index contributed by atoms with van der Waals surface area (Å²) in [6.45, 7) is 4.80. The quantitative estimate of drug-likeness (QED) is 0.303. The lowest BCUT2D eigenvalue weighted by Gasteiger charge is -2.09. The van der Waals surface area contributed by atoms with Crippen LogP contribution in [0.3, 0.4) is 0 Å². The first-order chi connectivity index (χ1) is 18.6. The highest BCUT2D eigenvalue weighted by Gasteiger charge is 2.16. The standard InChI is InChI=1S/C29H24N6O2S/c1-3-14-37-23-11-12-24(19(2)15-23)26-21(18-34(32-26)22-9-5-4-6-10-22)16-25-28(36)35-29(38-25)31-27(33-35)20-8-7-13-30-17-20/h4-13,15-18H,3,14H2,1-2H3. The van der Waals surface area contributed by atoms with E-state index in [2.05, 4.69) is 22.0 Å². The van der Waals surface area contributed by atoms with Gasteiger partial charge < -0.3 is 4.74 Å². The van der Waals surface area contributed by atoms with Crippen LogP contribution in [0.1, 0.15) is 24.5 Å². The van der Waals surface area contributed by atoms with Gasteiger partial charge in [0.1, 0.15) is 11.4 Å². The summed E-state index contributed by atoms with van der Waals surface area (Å²) >= 11 is 1.30. The fraction of sp³-hybridized carbons (Fsp3) is 0.138. The van der Waals surface area contributed by atoms with Crippen molar-refractivity contribution < 1.29 is 4.74 Å². The van der Waals surface area contributed by atoms with E-state index in [0.29, 0.717) is 21.9 Å². The zero-order valence-corrected chi connectivity index (χ0v) is 21.7. The summed E-state index contributed by atoms with van der Waals surface area (Å²) < 4.78 is 9.54. The van der Waals surface area contributed by atoms with Gasteiger partial charge in [-0.25, -0.2) is 4.68 Å². The highest BCUT2D eigenvalue weighted by atomic mass is 32.1. The molecule has 0 radical (unpaired) electrons. The Morgan fingerprint density at radius 1 is 1.05 bits per heavy atom. The number of aromatic nitrogens is 6. The first kappa shape index (κ1) is 23.7. The Hall–Kier alpha value is -4.63. The number of thiazole rings is 1. The van der Waals surface area contributed by atoms with Crippen LogP contribution >= 0.6 is 11.3 Å². The molecule has 6 rings (SSSR count). The first-order valence-electron chi connectivity index (χ1n) is 12.3. The molecule has 6 aromatic rings. The van der Waals surface area contributed by atoms with Crippen LogP contribution in [0, 0.1) is 6.92 Å². The molecule has 0 aliphatic heterocycles.